The average molecular weight is 590 g/mol. The molecule has 11 nitrogen and oxygen atoms in total. The maximum absolute atomic E-state index is 13.9. The lowest BCUT2D eigenvalue weighted by Crippen LogP contribution is -2.37. The van der Waals surface area contributed by atoms with Crippen LogP contribution in [0.1, 0.15) is 41.0 Å². The number of rotatable bonds is 9. The predicted molar refractivity (Wildman–Crippen MR) is 146 cm³/mol. The van der Waals surface area contributed by atoms with Crippen LogP contribution in [0.5, 0.6) is 5.88 Å². The molecule has 0 aliphatic heterocycles. The van der Waals surface area contributed by atoms with Crippen molar-refractivity contribution in [3.63, 3.8) is 0 Å². The molecule has 0 bridgehead atoms. The summed E-state index contributed by atoms with van der Waals surface area (Å²) in [6.45, 7) is 2.23. The molecule has 2 aromatic heterocycles. The van der Waals surface area contributed by atoms with Gasteiger partial charge in [0, 0.05) is 11.6 Å². The van der Waals surface area contributed by atoms with E-state index in [1.54, 1.807) is 6.07 Å². The molecule has 216 valence electrons. The van der Waals surface area contributed by atoms with E-state index in [1.165, 1.54) is 39.1 Å². The maximum atomic E-state index is 13.9. The van der Waals surface area contributed by atoms with Crippen molar-refractivity contribution in [1.29, 1.82) is 0 Å². The van der Waals surface area contributed by atoms with Crippen LogP contribution in [0.15, 0.2) is 52.3 Å². The Morgan fingerprint density at radius 3 is 2.44 bits per heavy atom. The summed E-state index contributed by atoms with van der Waals surface area (Å²) in [7, 11) is 1.54. The molecule has 0 unspecified atom stereocenters. The van der Waals surface area contributed by atoms with E-state index < -0.39 is 46.7 Å². The first-order chi connectivity index (χ1) is 19.3. The van der Waals surface area contributed by atoms with E-state index in [2.05, 4.69) is 10.3 Å². The lowest BCUT2D eigenvalue weighted by atomic mass is 10.1. The fourth-order valence-electron chi connectivity index (χ4n) is 4.15. The molecule has 0 saturated carbocycles. The molecule has 2 heterocycles. The van der Waals surface area contributed by atoms with Gasteiger partial charge in [-0.05, 0) is 50.7 Å². The van der Waals surface area contributed by atoms with Gasteiger partial charge in [-0.3, -0.25) is 19.0 Å². The van der Waals surface area contributed by atoms with E-state index in [0.717, 1.165) is 26.1 Å². The molecule has 0 atom stereocenters. The van der Waals surface area contributed by atoms with Crippen LogP contribution in [0.25, 0.3) is 11.0 Å². The first-order valence-corrected chi connectivity index (χ1v) is 12.7. The Balaban J connectivity index is 1.67. The quantitative estimate of drug-likeness (QED) is 0.304. The van der Waals surface area contributed by atoms with Gasteiger partial charge in [-0.15, -0.1) is 0 Å². The summed E-state index contributed by atoms with van der Waals surface area (Å²) < 4.78 is 35.3. The number of aliphatic hydroxyl groups is 1. The van der Waals surface area contributed by atoms with E-state index >= 15 is 0 Å². The first kappa shape index (κ1) is 29.8. The van der Waals surface area contributed by atoms with E-state index in [0.29, 0.717) is 11.6 Å². The second-order valence-corrected chi connectivity index (χ2v) is 10.3. The van der Waals surface area contributed by atoms with Gasteiger partial charge in [-0.2, -0.15) is 0 Å². The third-order valence-electron chi connectivity index (χ3n) is 6.00. The lowest BCUT2D eigenvalue weighted by molar-refractivity contribution is 0.0530. The van der Waals surface area contributed by atoms with Gasteiger partial charge in [0.15, 0.2) is 5.02 Å². The van der Waals surface area contributed by atoms with Crippen molar-refractivity contribution in [3.8, 4) is 5.88 Å². The molecule has 0 fully saturated rings. The summed E-state index contributed by atoms with van der Waals surface area (Å²) in [5.74, 6) is -3.14. The van der Waals surface area contributed by atoms with Crippen LogP contribution in [-0.2, 0) is 13.2 Å². The molecule has 0 spiro atoms. The SMILES string of the molecule is CNCC(=O)n1c(=O)n(C(=O)CC(C)(C)O)c2cc(Cn3cnc(OCc4ccc(F)cc4F)c(Cl)c3=O)ccc21. The van der Waals surface area contributed by atoms with Gasteiger partial charge < -0.3 is 15.2 Å². The van der Waals surface area contributed by atoms with Crippen molar-refractivity contribution < 1.29 is 28.2 Å². The topological polar surface area (TPSA) is 137 Å². The molecule has 0 aliphatic rings. The highest BCUT2D eigenvalue weighted by Gasteiger charge is 2.26. The molecular weight excluding hydrogens is 564 g/mol. The van der Waals surface area contributed by atoms with Crippen molar-refractivity contribution in [2.75, 3.05) is 13.6 Å². The smallest absolute Gasteiger partial charge is 0.342 e. The zero-order chi connectivity index (χ0) is 30.1. The van der Waals surface area contributed by atoms with Crippen molar-refractivity contribution >= 4 is 34.4 Å². The van der Waals surface area contributed by atoms with Gasteiger partial charge in [0.05, 0.1) is 36.1 Å². The van der Waals surface area contributed by atoms with Crippen LogP contribution in [-0.4, -0.2) is 54.8 Å². The number of imidazole rings is 1. The number of carbonyl (C=O) groups excluding carboxylic acids is 2. The van der Waals surface area contributed by atoms with Crippen LogP contribution < -0.4 is 21.3 Å². The molecule has 0 radical (unpaired) electrons. The van der Waals surface area contributed by atoms with E-state index in [1.807, 2.05) is 0 Å². The number of hydrogen-bond donors (Lipinski definition) is 2. The standard InChI is InChI=1S/C27H26ClF2N5O6/c1-27(2,40)10-21(36)35-20-8-15(4-7-19(20)34(26(35)39)22(37)11-31-3)12-33-14-32-24(23(28)25(33)38)41-13-16-5-6-17(29)9-18(16)30/h4-9,14,31,40H,10-13H2,1-3H3. The van der Waals surface area contributed by atoms with Crippen molar-refractivity contribution in [1.82, 2.24) is 24.0 Å². The highest BCUT2D eigenvalue weighted by molar-refractivity contribution is 6.31. The molecule has 4 aromatic rings. The van der Waals surface area contributed by atoms with Gasteiger partial charge in [0.25, 0.3) is 5.56 Å². The molecule has 0 amide bonds. The molecule has 0 aliphatic carbocycles. The number of aromatic nitrogens is 4. The molecular formula is C27H26ClF2N5O6. The number of likely N-dealkylation sites (N-methyl/N-ethyl adjacent to an activating group) is 1. The average Bonchev–Trinajstić information content (AvgIpc) is 3.17. The summed E-state index contributed by atoms with van der Waals surface area (Å²) in [5.41, 5.74) is -2.21. The number of carbonyl (C=O) groups is 2. The summed E-state index contributed by atoms with van der Waals surface area (Å²) in [6.07, 6.45) is 0.766. The summed E-state index contributed by atoms with van der Waals surface area (Å²) in [6, 6.07) is 7.48. The number of benzene rings is 2. The minimum atomic E-state index is -1.42. The minimum Gasteiger partial charge on any atom is -0.471 e. The predicted octanol–water partition coefficient (Wildman–Crippen LogP) is 2.58. The highest BCUT2D eigenvalue weighted by Crippen LogP contribution is 2.21. The number of nitrogens with zero attached hydrogens (tertiary/aromatic N) is 4. The molecule has 2 aromatic carbocycles. The van der Waals surface area contributed by atoms with Gasteiger partial charge in [-0.25, -0.2) is 27.7 Å². The summed E-state index contributed by atoms with van der Waals surface area (Å²) in [4.78, 5) is 55.8. The van der Waals surface area contributed by atoms with Gasteiger partial charge >= 0.3 is 5.69 Å². The van der Waals surface area contributed by atoms with Crippen LogP contribution in [0.3, 0.4) is 0 Å². The normalized spacial score (nSPS) is 11.7. The first-order valence-electron chi connectivity index (χ1n) is 12.3. The van der Waals surface area contributed by atoms with Crippen LogP contribution in [0.2, 0.25) is 5.02 Å². The molecule has 41 heavy (non-hydrogen) atoms. The zero-order valence-electron chi connectivity index (χ0n) is 22.3. The Morgan fingerprint density at radius 2 is 1.78 bits per heavy atom. The van der Waals surface area contributed by atoms with Crippen LogP contribution in [0, 0.1) is 11.6 Å². The van der Waals surface area contributed by atoms with Crippen molar-refractivity contribution in [3.05, 3.63) is 91.3 Å². The van der Waals surface area contributed by atoms with E-state index in [-0.39, 0.29) is 47.2 Å². The van der Waals surface area contributed by atoms with Crippen LogP contribution in [0.4, 0.5) is 8.78 Å². The Hall–Kier alpha value is -4.20. The second kappa shape index (κ2) is 11.7. The number of ether oxygens (including phenoxy) is 1. The number of hydrogen-bond acceptors (Lipinski definition) is 8. The van der Waals surface area contributed by atoms with E-state index in [4.69, 9.17) is 16.3 Å². The Labute approximate surface area is 236 Å². The largest absolute Gasteiger partial charge is 0.471 e. The lowest BCUT2D eigenvalue weighted by Gasteiger charge is -2.15. The second-order valence-electron chi connectivity index (χ2n) is 9.90. The van der Waals surface area contributed by atoms with Crippen molar-refractivity contribution in [2.45, 2.75) is 39.0 Å². The summed E-state index contributed by atoms with van der Waals surface area (Å²) in [5, 5.41) is 12.4. The number of halogens is 3. The summed E-state index contributed by atoms with van der Waals surface area (Å²) >= 11 is 6.17. The fraction of sp³-hybridized carbons (Fsp3) is 0.296. The van der Waals surface area contributed by atoms with Crippen molar-refractivity contribution in [2.24, 2.45) is 0 Å². The van der Waals surface area contributed by atoms with Crippen LogP contribution >= 0.6 is 11.6 Å². The molecule has 4 rings (SSSR count). The molecule has 2 N–H and O–H groups in total. The third-order valence-corrected chi connectivity index (χ3v) is 6.32. The zero-order valence-corrected chi connectivity index (χ0v) is 23.0. The third kappa shape index (κ3) is 6.42. The monoisotopic (exact) mass is 589 g/mol. The number of nitrogens with one attached hydrogen (secondary N) is 1. The minimum absolute atomic E-state index is 0.0343. The van der Waals surface area contributed by atoms with Gasteiger partial charge in [-0.1, -0.05) is 17.7 Å². The Kier molecular flexibility index (Phi) is 8.52. The highest BCUT2D eigenvalue weighted by atomic mass is 35.5. The Morgan fingerprint density at radius 1 is 1.07 bits per heavy atom. The maximum Gasteiger partial charge on any atom is 0.342 e. The van der Waals surface area contributed by atoms with Gasteiger partial charge in [0.2, 0.25) is 17.7 Å². The molecule has 0 saturated heterocycles. The number of fused-ring (bicyclic) bond motifs is 1. The fourth-order valence-corrected chi connectivity index (χ4v) is 4.36. The molecule has 14 heteroatoms. The Bertz CT molecular complexity index is 1770. The van der Waals surface area contributed by atoms with Gasteiger partial charge in [0.1, 0.15) is 24.6 Å². The van der Waals surface area contributed by atoms with E-state index in [9.17, 15) is 33.1 Å².